The number of fused-ring (bicyclic) bond motifs is 1. The zero-order chi connectivity index (χ0) is 24.3. The van der Waals surface area contributed by atoms with Crippen molar-refractivity contribution in [1.29, 1.82) is 0 Å². The summed E-state index contributed by atoms with van der Waals surface area (Å²) in [6, 6.07) is 14.3. The fourth-order valence-corrected chi connectivity index (χ4v) is 3.41. The molecule has 1 aliphatic heterocycles. The van der Waals surface area contributed by atoms with Gasteiger partial charge in [0.15, 0.2) is 0 Å². The van der Waals surface area contributed by atoms with Gasteiger partial charge in [-0.25, -0.2) is 9.67 Å². The number of anilines is 1. The van der Waals surface area contributed by atoms with Crippen LogP contribution in [0.4, 0.5) is 5.69 Å². The number of hydrogen-bond acceptors (Lipinski definition) is 5. The Balaban J connectivity index is 1.46. The van der Waals surface area contributed by atoms with Crippen LogP contribution in [0, 0.1) is 17.3 Å². The molecule has 1 aliphatic rings. The number of amides is 2. The molecule has 1 N–H and O–H groups in total. The van der Waals surface area contributed by atoms with Gasteiger partial charge >= 0.3 is 0 Å². The van der Waals surface area contributed by atoms with E-state index in [1.165, 1.54) is 11.2 Å². The van der Waals surface area contributed by atoms with Gasteiger partial charge in [0.25, 0.3) is 11.8 Å². The summed E-state index contributed by atoms with van der Waals surface area (Å²) >= 11 is 0. The smallest absolute Gasteiger partial charge is 0.291 e. The monoisotopic (exact) mass is 457 g/mol. The molecule has 1 atom stereocenters. The molecular weight excluding hydrogens is 430 g/mol. The van der Waals surface area contributed by atoms with Crippen LogP contribution in [0.2, 0.25) is 0 Å². The molecule has 3 aromatic rings. The average Bonchev–Trinajstić information content (AvgIpc) is 3.24. The second kappa shape index (κ2) is 9.40. The molecule has 0 aliphatic carbocycles. The molecule has 0 spiro atoms. The van der Waals surface area contributed by atoms with Crippen LogP contribution in [-0.4, -0.2) is 46.3 Å². The molecule has 0 bridgehead atoms. The first-order valence-electron chi connectivity index (χ1n) is 11.0. The zero-order valence-corrected chi connectivity index (χ0v) is 19.7. The first-order chi connectivity index (χ1) is 16.2. The molecule has 0 saturated heterocycles. The van der Waals surface area contributed by atoms with Gasteiger partial charge < -0.3 is 15.0 Å². The van der Waals surface area contributed by atoms with E-state index in [1.54, 1.807) is 17.8 Å². The average molecular weight is 458 g/mol. The topological polar surface area (TPSA) is 89.4 Å². The van der Waals surface area contributed by atoms with Gasteiger partial charge in [-0.3, -0.25) is 9.59 Å². The minimum Gasteiger partial charge on any atom is -0.489 e. The van der Waals surface area contributed by atoms with Gasteiger partial charge in [-0.1, -0.05) is 42.2 Å². The fourth-order valence-electron chi connectivity index (χ4n) is 3.41. The van der Waals surface area contributed by atoms with E-state index in [0.717, 1.165) is 11.1 Å². The van der Waals surface area contributed by atoms with E-state index in [4.69, 9.17) is 4.74 Å². The predicted octanol–water partition coefficient (Wildman–Crippen LogP) is 2.88. The lowest BCUT2D eigenvalue weighted by atomic mass is 9.97. The van der Waals surface area contributed by atoms with Crippen molar-refractivity contribution in [2.45, 2.75) is 33.4 Å². The summed E-state index contributed by atoms with van der Waals surface area (Å²) < 4.78 is 7.43. The number of carbonyl (C=O) groups is 2. The molecule has 8 heteroatoms. The minimum absolute atomic E-state index is 0.000344. The molecule has 0 radical (unpaired) electrons. The molecule has 2 amide bonds. The largest absolute Gasteiger partial charge is 0.489 e. The van der Waals surface area contributed by atoms with Crippen molar-refractivity contribution < 1.29 is 14.3 Å². The lowest BCUT2D eigenvalue weighted by Crippen LogP contribution is -2.49. The third-order valence-electron chi connectivity index (χ3n) is 5.17. The first kappa shape index (κ1) is 23.1. The first-order valence-corrected chi connectivity index (χ1v) is 11.0. The highest BCUT2D eigenvalue weighted by atomic mass is 16.5. The van der Waals surface area contributed by atoms with E-state index in [0.29, 0.717) is 18.0 Å². The van der Waals surface area contributed by atoms with Crippen molar-refractivity contribution >= 4 is 17.5 Å². The summed E-state index contributed by atoms with van der Waals surface area (Å²) in [6.07, 6.45) is 1.50. The second-order valence-corrected chi connectivity index (χ2v) is 9.17. The van der Waals surface area contributed by atoms with E-state index < -0.39 is 11.9 Å². The number of likely N-dealkylation sites (N-methyl/N-ethyl adjacent to an activating group) is 1. The molecule has 4 rings (SSSR count). The molecule has 1 aromatic heterocycles. The van der Waals surface area contributed by atoms with Crippen LogP contribution in [0.3, 0.4) is 0 Å². The lowest BCUT2D eigenvalue weighted by Gasteiger charge is -2.20. The van der Waals surface area contributed by atoms with Gasteiger partial charge in [0.2, 0.25) is 5.82 Å². The number of benzene rings is 2. The number of hydrogen-bond donors (Lipinski definition) is 1. The van der Waals surface area contributed by atoms with Gasteiger partial charge in [0.1, 0.15) is 24.7 Å². The molecule has 2 aromatic carbocycles. The zero-order valence-electron chi connectivity index (χ0n) is 19.7. The van der Waals surface area contributed by atoms with Crippen molar-refractivity contribution in [3.63, 3.8) is 0 Å². The fraction of sp³-hybridized carbons (Fsp3) is 0.308. The normalized spacial score (nSPS) is 15.5. The van der Waals surface area contributed by atoms with Gasteiger partial charge in [-0.2, -0.15) is 0 Å². The van der Waals surface area contributed by atoms with Crippen LogP contribution in [0.1, 0.15) is 42.5 Å². The third-order valence-corrected chi connectivity index (χ3v) is 5.17. The van der Waals surface area contributed by atoms with Gasteiger partial charge in [-0.15, -0.1) is 5.10 Å². The highest BCUT2D eigenvalue weighted by Crippen LogP contribution is 2.31. The maximum atomic E-state index is 13.1. The summed E-state index contributed by atoms with van der Waals surface area (Å²) in [7, 11) is 1.66. The number of rotatable bonds is 4. The Labute approximate surface area is 198 Å². The number of carbonyl (C=O) groups excluding carboxylic acids is 2. The standard InChI is InChI=1S/C26H27N5O3/c1-26(2,3)13-12-18-10-11-22-21(14-18)30(4)25(33)20(16-34-22)28-24(32)23-27-17-31(29-23)15-19-8-6-5-7-9-19/h5-11,14,17,20H,15-16H2,1-4H3,(H,28,32). The van der Waals surface area contributed by atoms with Crippen LogP contribution >= 0.6 is 0 Å². The van der Waals surface area contributed by atoms with Crippen molar-refractivity contribution in [2.75, 3.05) is 18.6 Å². The highest BCUT2D eigenvalue weighted by molar-refractivity contribution is 6.02. The molecular formula is C26H27N5O3. The SMILES string of the molecule is CN1C(=O)C(NC(=O)c2ncn(Cc3ccccc3)n2)COc2ccc(C#CC(C)(C)C)cc21. The minimum atomic E-state index is -0.880. The van der Waals surface area contributed by atoms with E-state index in [9.17, 15) is 9.59 Å². The molecule has 174 valence electrons. The molecule has 1 unspecified atom stereocenters. The van der Waals surface area contributed by atoms with Crippen molar-refractivity contribution in [2.24, 2.45) is 5.41 Å². The van der Waals surface area contributed by atoms with E-state index in [2.05, 4.69) is 27.2 Å². The van der Waals surface area contributed by atoms with E-state index >= 15 is 0 Å². The lowest BCUT2D eigenvalue weighted by molar-refractivity contribution is -0.120. The predicted molar refractivity (Wildman–Crippen MR) is 129 cm³/mol. The Morgan fingerprint density at radius 2 is 1.97 bits per heavy atom. The third kappa shape index (κ3) is 5.44. The summed E-state index contributed by atoms with van der Waals surface area (Å²) in [6.45, 7) is 6.60. The van der Waals surface area contributed by atoms with E-state index in [-0.39, 0.29) is 23.8 Å². The van der Waals surface area contributed by atoms with Crippen LogP contribution in [0.15, 0.2) is 54.9 Å². The van der Waals surface area contributed by atoms with Crippen LogP contribution < -0.4 is 15.0 Å². The Bertz CT molecular complexity index is 1260. The number of nitrogens with zero attached hydrogens (tertiary/aromatic N) is 4. The van der Waals surface area contributed by atoms with Crippen LogP contribution in [0.5, 0.6) is 5.75 Å². The van der Waals surface area contributed by atoms with Gasteiger partial charge in [0.05, 0.1) is 12.2 Å². The maximum absolute atomic E-state index is 13.1. The van der Waals surface area contributed by atoms with Crippen molar-refractivity contribution in [1.82, 2.24) is 20.1 Å². The van der Waals surface area contributed by atoms with Crippen LogP contribution in [0.25, 0.3) is 0 Å². The number of ether oxygens (including phenoxy) is 1. The Kier molecular flexibility index (Phi) is 6.37. The molecule has 0 saturated carbocycles. The Morgan fingerprint density at radius 1 is 1.21 bits per heavy atom. The molecule has 8 nitrogen and oxygen atoms in total. The molecule has 0 fully saturated rings. The summed E-state index contributed by atoms with van der Waals surface area (Å²) in [5.74, 6) is 6.05. The summed E-state index contributed by atoms with van der Waals surface area (Å²) in [4.78, 5) is 31.4. The van der Waals surface area contributed by atoms with Crippen molar-refractivity contribution in [3.05, 3.63) is 71.8 Å². The maximum Gasteiger partial charge on any atom is 0.291 e. The Morgan fingerprint density at radius 3 is 2.71 bits per heavy atom. The highest BCUT2D eigenvalue weighted by Gasteiger charge is 2.31. The molecule has 34 heavy (non-hydrogen) atoms. The second-order valence-electron chi connectivity index (χ2n) is 9.17. The Hall–Kier alpha value is -4.12. The number of aromatic nitrogens is 3. The van der Waals surface area contributed by atoms with Gasteiger partial charge in [0, 0.05) is 18.0 Å². The quantitative estimate of drug-likeness (QED) is 0.609. The number of nitrogens with one attached hydrogen (secondary N) is 1. The van der Waals surface area contributed by atoms with E-state index in [1.807, 2.05) is 63.2 Å². The van der Waals surface area contributed by atoms with Gasteiger partial charge in [-0.05, 0) is 44.5 Å². The molecule has 2 heterocycles. The van der Waals surface area contributed by atoms with Crippen molar-refractivity contribution in [3.8, 4) is 17.6 Å². The summed E-state index contributed by atoms with van der Waals surface area (Å²) in [5, 5.41) is 6.95. The van der Waals surface area contributed by atoms with Crippen LogP contribution in [-0.2, 0) is 11.3 Å². The summed E-state index contributed by atoms with van der Waals surface area (Å²) in [5.41, 5.74) is 2.29.